The summed E-state index contributed by atoms with van der Waals surface area (Å²) < 4.78 is 29.6. The third-order valence-corrected chi connectivity index (χ3v) is 2.32. The number of nitrogens with zero attached hydrogens (tertiary/aromatic N) is 2. The number of hydrogen-bond donors (Lipinski definition) is 0. The van der Waals surface area contributed by atoms with Gasteiger partial charge in [-0.25, -0.2) is 13.6 Å². The summed E-state index contributed by atoms with van der Waals surface area (Å²) in [5, 5.41) is 9.94. The molecule has 0 aliphatic carbocycles. The molecule has 98 valence electrons. The van der Waals surface area contributed by atoms with Crippen molar-refractivity contribution in [2.75, 3.05) is 6.61 Å². The van der Waals surface area contributed by atoms with Gasteiger partial charge in [0, 0.05) is 0 Å². The van der Waals surface area contributed by atoms with Crippen LogP contribution in [0.25, 0.3) is 0 Å². The second-order valence-corrected chi connectivity index (χ2v) is 3.38. The van der Waals surface area contributed by atoms with Crippen LogP contribution in [0.15, 0.2) is 6.20 Å². The lowest BCUT2D eigenvalue weighted by molar-refractivity contribution is -0.389. The van der Waals surface area contributed by atoms with Crippen molar-refractivity contribution < 1.29 is 23.2 Å². The summed E-state index contributed by atoms with van der Waals surface area (Å²) in [4.78, 5) is 24.3. The number of ether oxygens (including phenoxy) is 1. The highest BCUT2D eigenvalue weighted by Gasteiger charge is 2.31. The van der Waals surface area contributed by atoms with E-state index in [1.807, 2.05) is 0 Å². The summed E-state index contributed by atoms with van der Waals surface area (Å²) in [6.07, 6.45) is -2.44. The van der Waals surface area contributed by atoms with Gasteiger partial charge in [-0.15, -0.1) is 0 Å². The number of esters is 1. The molecule has 0 radical (unpaired) electrons. The summed E-state index contributed by atoms with van der Waals surface area (Å²) in [5.74, 6) is -2.08. The van der Waals surface area contributed by atoms with Gasteiger partial charge < -0.3 is 14.9 Å². The Morgan fingerprint density at radius 2 is 2.28 bits per heavy atom. The van der Waals surface area contributed by atoms with E-state index in [2.05, 4.69) is 9.72 Å². The zero-order valence-corrected chi connectivity index (χ0v) is 9.78. The van der Waals surface area contributed by atoms with Crippen molar-refractivity contribution in [1.82, 2.24) is 4.98 Å². The highest BCUT2D eigenvalue weighted by Crippen LogP contribution is 2.33. The average molecular weight is 281 g/mol. The van der Waals surface area contributed by atoms with Crippen molar-refractivity contribution in [3.63, 3.8) is 0 Å². The quantitative estimate of drug-likeness (QED) is 0.481. The molecule has 0 spiro atoms. The van der Waals surface area contributed by atoms with Crippen molar-refractivity contribution in [3.8, 4) is 0 Å². The second-order valence-electron chi connectivity index (χ2n) is 3.00. The van der Waals surface area contributed by atoms with Gasteiger partial charge in [0.05, 0.1) is 17.2 Å². The van der Waals surface area contributed by atoms with Crippen LogP contribution in [0, 0.1) is 10.1 Å². The minimum atomic E-state index is -3.00. The third kappa shape index (κ3) is 2.70. The van der Waals surface area contributed by atoms with Gasteiger partial charge in [0.2, 0.25) is 0 Å². The van der Waals surface area contributed by atoms with Crippen LogP contribution in [-0.4, -0.2) is 22.5 Å². The Labute approximate surface area is 105 Å². The van der Waals surface area contributed by atoms with E-state index in [0.29, 0.717) is 6.20 Å². The maximum atomic E-state index is 12.5. The molecule has 1 aromatic rings. The molecule has 18 heavy (non-hydrogen) atoms. The lowest BCUT2D eigenvalue weighted by atomic mass is 10.2. The Morgan fingerprint density at radius 1 is 1.67 bits per heavy atom. The molecule has 1 aromatic heterocycles. The van der Waals surface area contributed by atoms with Gasteiger partial charge in [-0.05, 0) is 16.8 Å². The van der Waals surface area contributed by atoms with Crippen molar-refractivity contribution in [3.05, 3.63) is 32.5 Å². The van der Waals surface area contributed by atoms with Crippen LogP contribution in [0.1, 0.15) is 29.3 Å². The molecule has 0 amide bonds. The van der Waals surface area contributed by atoms with Crippen LogP contribution in [0.2, 0.25) is 5.02 Å². The van der Waals surface area contributed by atoms with Crippen molar-refractivity contribution in [1.29, 1.82) is 0 Å². The number of halogens is 3. The standard InChI is InChI=1S/C9H7ClF2N2O4/c1-2-18-9(15)5-6(10)4(7(11)12)3-13-8(5)14(16)17/h3,7H,2H2,1H3. The molecule has 0 N–H and O–H groups in total. The van der Waals surface area contributed by atoms with E-state index in [1.165, 1.54) is 6.92 Å². The van der Waals surface area contributed by atoms with Gasteiger partial charge in [0.15, 0.2) is 11.8 Å². The number of aromatic nitrogens is 1. The molecule has 0 aliphatic rings. The first kappa shape index (κ1) is 14.2. The fourth-order valence-electron chi connectivity index (χ4n) is 1.17. The first-order valence-corrected chi connectivity index (χ1v) is 5.06. The van der Waals surface area contributed by atoms with E-state index in [-0.39, 0.29) is 6.61 Å². The molecule has 0 fully saturated rings. The predicted octanol–water partition coefficient (Wildman–Crippen LogP) is 2.76. The predicted molar refractivity (Wildman–Crippen MR) is 56.8 cm³/mol. The minimum Gasteiger partial charge on any atom is -0.462 e. The Bertz CT molecular complexity index is 496. The molecule has 0 saturated carbocycles. The van der Waals surface area contributed by atoms with E-state index >= 15 is 0 Å². The molecular formula is C9H7ClF2N2O4. The normalized spacial score (nSPS) is 10.5. The minimum absolute atomic E-state index is 0.0782. The van der Waals surface area contributed by atoms with E-state index < -0.39 is 39.3 Å². The summed E-state index contributed by atoms with van der Waals surface area (Å²) in [5.41, 5.74) is -1.52. The van der Waals surface area contributed by atoms with Crippen LogP contribution in [-0.2, 0) is 4.74 Å². The fraction of sp³-hybridized carbons (Fsp3) is 0.333. The molecule has 0 aromatic carbocycles. The first-order valence-electron chi connectivity index (χ1n) is 4.68. The highest BCUT2D eigenvalue weighted by atomic mass is 35.5. The van der Waals surface area contributed by atoms with Crippen molar-refractivity contribution >= 4 is 23.4 Å². The SMILES string of the molecule is CCOC(=O)c1c([N+](=O)[O-])ncc(C(F)F)c1Cl. The maximum Gasteiger partial charge on any atom is 0.379 e. The molecular weight excluding hydrogens is 274 g/mol. The Kier molecular flexibility index (Phi) is 4.49. The fourth-order valence-corrected chi connectivity index (χ4v) is 1.46. The third-order valence-electron chi connectivity index (χ3n) is 1.91. The number of carbonyl (C=O) groups is 1. The monoisotopic (exact) mass is 280 g/mol. The number of nitro groups is 1. The van der Waals surface area contributed by atoms with Crippen LogP contribution >= 0.6 is 11.6 Å². The maximum absolute atomic E-state index is 12.5. The van der Waals surface area contributed by atoms with E-state index in [0.717, 1.165) is 0 Å². The molecule has 1 rings (SSSR count). The smallest absolute Gasteiger partial charge is 0.379 e. The van der Waals surface area contributed by atoms with Gasteiger partial charge in [0.1, 0.15) is 0 Å². The van der Waals surface area contributed by atoms with Crippen LogP contribution in [0.3, 0.4) is 0 Å². The van der Waals surface area contributed by atoms with Crippen LogP contribution < -0.4 is 0 Å². The molecule has 9 heteroatoms. The van der Waals surface area contributed by atoms with Crippen LogP contribution in [0.4, 0.5) is 14.6 Å². The zero-order valence-electron chi connectivity index (χ0n) is 9.02. The van der Waals surface area contributed by atoms with Gasteiger partial charge in [-0.1, -0.05) is 11.6 Å². The number of pyridine rings is 1. The molecule has 6 nitrogen and oxygen atoms in total. The van der Waals surface area contributed by atoms with Gasteiger partial charge in [-0.2, -0.15) is 0 Å². The summed E-state index contributed by atoms with van der Waals surface area (Å²) >= 11 is 5.56. The molecule has 0 atom stereocenters. The Morgan fingerprint density at radius 3 is 2.72 bits per heavy atom. The lowest BCUT2D eigenvalue weighted by Gasteiger charge is -2.07. The van der Waals surface area contributed by atoms with E-state index in [9.17, 15) is 23.7 Å². The highest BCUT2D eigenvalue weighted by molar-refractivity contribution is 6.34. The number of hydrogen-bond acceptors (Lipinski definition) is 5. The van der Waals surface area contributed by atoms with Crippen molar-refractivity contribution in [2.45, 2.75) is 13.3 Å². The van der Waals surface area contributed by atoms with Gasteiger partial charge in [-0.3, -0.25) is 0 Å². The molecule has 0 aliphatic heterocycles. The number of carbonyl (C=O) groups excluding carboxylic acids is 1. The summed E-state index contributed by atoms with van der Waals surface area (Å²) in [7, 11) is 0. The molecule has 0 saturated heterocycles. The van der Waals surface area contributed by atoms with Crippen molar-refractivity contribution in [2.24, 2.45) is 0 Å². The molecule has 0 bridgehead atoms. The zero-order chi connectivity index (χ0) is 13.9. The molecule has 1 heterocycles. The lowest BCUT2D eigenvalue weighted by Crippen LogP contribution is -2.11. The van der Waals surface area contributed by atoms with E-state index in [4.69, 9.17) is 11.6 Å². The van der Waals surface area contributed by atoms with Gasteiger partial charge >= 0.3 is 11.8 Å². The molecule has 0 unspecified atom stereocenters. The topological polar surface area (TPSA) is 82.3 Å². The summed E-state index contributed by atoms with van der Waals surface area (Å²) in [6, 6.07) is 0. The number of alkyl halides is 2. The number of rotatable bonds is 4. The average Bonchev–Trinajstić information content (AvgIpc) is 2.27. The first-order chi connectivity index (χ1) is 8.40. The second kappa shape index (κ2) is 5.67. The van der Waals surface area contributed by atoms with Gasteiger partial charge in [0.25, 0.3) is 6.43 Å². The largest absolute Gasteiger partial charge is 0.462 e. The van der Waals surface area contributed by atoms with Crippen LogP contribution in [0.5, 0.6) is 0 Å². The van der Waals surface area contributed by atoms with E-state index in [1.54, 1.807) is 0 Å². The summed E-state index contributed by atoms with van der Waals surface area (Å²) in [6.45, 7) is 1.38. The Hall–Kier alpha value is -1.83. The Balaban J connectivity index is 3.45.